The normalized spacial score (nSPS) is 14.2. The number of rotatable bonds is 6. The van der Waals surface area contributed by atoms with Gasteiger partial charge in [-0.2, -0.15) is 15.2 Å². The monoisotopic (exact) mass is 438 g/mol. The molecule has 3 N–H and O–H groups in total. The van der Waals surface area contributed by atoms with E-state index in [4.69, 9.17) is 10.2 Å². The van der Waals surface area contributed by atoms with Crippen LogP contribution >= 0.6 is 0 Å². The predicted molar refractivity (Wildman–Crippen MR) is 132 cm³/mol. The molecule has 1 aliphatic rings. The van der Waals surface area contributed by atoms with Crippen LogP contribution in [-0.4, -0.2) is 53.1 Å². The highest BCUT2D eigenvalue weighted by Crippen LogP contribution is 2.27. The Hall–Kier alpha value is -4.09. The maximum atomic E-state index is 8.98. The van der Waals surface area contributed by atoms with Crippen LogP contribution in [0.2, 0.25) is 0 Å². The van der Waals surface area contributed by atoms with Crippen LogP contribution in [0.4, 0.5) is 28.8 Å². The number of likely N-dealkylation sites (N-methyl/N-ethyl adjacent to an activating group) is 1. The Morgan fingerprint density at radius 3 is 2.58 bits per heavy atom. The molecule has 8 heteroatoms. The van der Waals surface area contributed by atoms with Crippen LogP contribution in [-0.2, 0) is 6.42 Å². The quantitative estimate of drug-likeness (QED) is 0.414. The molecule has 3 heterocycles. The van der Waals surface area contributed by atoms with Gasteiger partial charge in [-0.15, -0.1) is 0 Å². The first kappa shape index (κ1) is 20.8. The van der Waals surface area contributed by atoms with Gasteiger partial charge in [-0.05, 0) is 55.1 Å². The molecule has 0 spiro atoms. The van der Waals surface area contributed by atoms with Crippen molar-refractivity contribution in [1.82, 2.24) is 19.9 Å². The zero-order chi connectivity index (χ0) is 22.6. The summed E-state index contributed by atoms with van der Waals surface area (Å²) in [6.45, 7) is 4.25. The third kappa shape index (κ3) is 4.73. The first-order chi connectivity index (χ1) is 16.2. The number of piperazine rings is 1. The van der Waals surface area contributed by atoms with Gasteiger partial charge in [0.25, 0.3) is 0 Å². The summed E-state index contributed by atoms with van der Waals surface area (Å²) in [5.74, 6) is 1.21. The fourth-order valence-corrected chi connectivity index (χ4v) is 4.03. The molecule has 2 aromatic carbocycles. The minimum atomic E-state index is 0.371. The SMILES string of the molecule is CN1CCN(c2ccc(Nc3nc(Nc4cccc(CC#N)c4)c4cc[nH]c4n3)cc2)CC1. The molecule has 0 radical (unpaired) electrons. The fraction of sp³-hybridized carbons (Fsp3) is 0.240. The molecule has 0 unspecified atom stereocenters. The summed E-state index contributed by atoms with van der Waals surface area (Å²) < 4.78 is 0. The van der Waals surface area contributed by atoms with Crippen LogP contribution in [0.5, 0.6) is 0 Å². The van der Waals surface area contributed by atoms with E-state index in [1.54, 1.807) is 0 Å². The van der Waals surface area contributed by atoms with Crippen molar-refractivity contribution < 1.29 is 0 Å². The average Bonchev–Trinajstić information content (AvgIpc) is 3.30. The molecule has 166 valence electrons. The number of H-pyrrole nitrogens is 1. The second-order valence-electron chi connectivity index (χ2n) is 8.26. The van der Waals surface area contributed by atoms with Gasteiger partial charge in [0.2, 0.25) is 5.95 Å². The van der Waals surface area contributed by atoms with Gasteiger partial charge in [-0.3, -0.25) is 0 Å². The molecule has 4 aromatic rings. The number of nitriles is 1. The highest BCUT2D eigenvalue weighted by Gasteiger charge is 2.14. The lowest BCUT2D eigenvalue weighted by molar-refractivity contribution is 0.313. The topological polar surface area (TPSA) is 95.9 Å². The van der Waals surface area contributed by atoms with E-state index in [1.807, 2.05) is 36.5 Å². The lowest BCUT2D eigenvalue weighted by Crippen LogP contribution is -2.44. The Kier molecular flexibility index (Phi) is 5.79. The van der Waals surface area contributed by atoms with Crippen molar-refractivity contribution in [3.8, 4) is 6.07 Å². The number of aromatic amines is 1. The molecule has 8 nitrogen and oxygen atoms in total. The first-order valence-electron chi connectivity index (χ1n) is 11.1. The molecule has 0 bridgehead atoms. The molecule has 33 heavy (non-hydrogen) atoms. The van der Waals surface area contributed by atoms with Gasteiger partial charge in [0.1, 0.15) is 11.5 Å². The number of hydrogen-bond donors (Lipinski definition) is 3. The van der Waals surface area contributed by atoms with E-state index < -0.39 is 0 Å². The zero-order valence-corrected chi connectivity index (χ0v) is 18.5. The van der Waals surface area contributed by atoms with E-state index >= 15 is 0 Å². The van der Waals surface area contributed by atoms with Crippen molar-refractivity contribution in [2.75, 3.05) is 48.8 Å². The minimum absolute atomic E-state index is 0.371. The molecule has 0 aliphatic carbocycles. The number of nitrogens with zero attached hydrogens (tertiary/aromatic N) is 5. The summed E-state index contributed by atoms with van der Waals surface area (Å²) in [4.78, 5) is 17.3. The molecule has 2 aromatic heterocycles. The number of nitrogens with one attached hydrogen (secondary N) is 3. The number of benzene rings is 2. The van der Waals surface area contributed by atoms with Crippen molar-refractivity contribution >= 4 is 39.9 Å². The van der Waals surface area contributed by atoms with E-state index in [-0.39, 0.29) is 0 Å². The van der Waals surface area contributed by atoms with Gasteiger partial charge in [0.05, 0.1) is 17.9 Å². The fourth-order valence-electron chi connectivity index (χ4n) is 4.03. The van der Waals surface area contributed by atoms with Gasteiger partial charge >= 0.3 is 0 Å². The van der Waals surface area contributed by atoms with Crippen LogP contribution in [0.25, 0.3) is 11.0 Å². The van der Waals surface area contributed by atoms with E-state index in [0.717, 1.165) is 54.2 Å². The summed E-state index contributed by atoms with van der Waals surface area (Å²) in [6, 6.07) is 20.4. The van der Waals surface area contributed by atoms with Crippen molar-refractivity contribution in [3.63, 3.8) is 0 Å². The van der Waals surface area contributed by atoms with Gasteiger partial charge in [-0.25, -0.2) is 0 Å². The Bertz CT molecular complexity index is 1280. The van der Waals surface area contributed by atoms with Crippen LogP contribution in [0, 0.1) is 11.3 Å². The standard InChI is InChI=1S/C25H26N8/c1-32-13-15-33(16-14-32)21-7-5-19(6-8-21)29-25-30-23-22(10-12-27-23)24(31-25)28-20-4-2-3-18(17-20)9-11-26/h2-8,10,12,17H,9,13-16H2,1H3,(H3,27,28,29,30,31). The second kappa shape index (κ2) is 9.18. The molecular weight excluding hydrogens is 412 g/mol. The molecule has 0 amide bonds. The van der Waals surface area contributed by atoms with Crippen molar-refractivity contribution in [3.05, 3.63) is 66.4 Å². The third-order valence-electron chi connectivity index (χ3n) is 5.88. The highest BCUT2D eigenvalue weighted by atomic mass is 15.2. The van der Waals surface area contributed by atoms with E-state index in [1.165, 1.54) is 5.69 Å². The molecule has 1 saturated heterocycles. The van der Waals surface area contributed by atoms with Gasteiger partial charge in [0.15, 0.2) is 0 Å². The van der Waals surface area contributed by atoms with Crippen LogP contribution in [0.15, 0.2) is 60.8 Å². The summed E-state index contributed by atoms with van der Waals surface area (Å²) >= 11 is 0. The number of hydrogen-bond acceptors (Lipinski definition) is 7. The van der Waals surface area contributed by atoms with Crippen molar-refractivity contribution in [2.45, 2.75) is 6.42 Å². The van der Waals surface area contributed by atoms with Crippen LogP contribution in [0.3, 0.4) is 0 Å². The summed E-state index contributed by atoms with van der Waals surface area (Å²) in [5.41, 5.74) is 4.75. The Morgan fingerprint density at radius 1 is 0.970 bits per heavy atom. The molecule has 1 fully saturated rings. The van der Waals surface area contributed by atoms with Crippen LogP contribution < -0.4 is 15.5 Å². The summed E-state index contributed by atoms with van der Waals surface area (Å²) in [7, 11) is 2.16. The van der Waals surface area contributed by atoms with Crippen molar-refractivity contribution in [2.24, 2.45) is 0 Å². The number of anilines is 5. The first-order valence-corrected chi connectivity index (χ1v) is 11.1. The molecule has 5 rings (SSSR count). The largest absolute Gasteiger partial charge is 0.369 e. The molecule has 1 aliphatic heterocycles. The lowest BCUT2D eigenvalue weighted by atomic mass is 10.1. The van der Waals surface area contributed by atoms with Gasteiger partial charge in [0, 0.05) is 49.4 Å². The third-order valence-corrected chi connectivity index (χ3v) is 5.88. The Morgan fingerprint density at radius 2 is 1.79 bits per heavy atom. The summed E-state index contributed by atoms with van der Waals surface area (Å²) in [5, 5.41) is 16.6. The Labute approximate surface area is 192 Å². The van der Waals surface area contributed by atoms with E-state index in [2.05, 4.69) is 67.8 Å². The Balaban J connectivity index is 1.36. The zero-order valence-electron chi connectivity index (χ0n) is 18.5. The minimum Gasteiger partial charge on any atom is -0.369 e. The van der Waals surface area contributed by atoms with Gasteiger partial charge < -0.3 is 25.4 Å². The van der Waals surface area contributed by atoms with E-state index in [0.29, 0.717) is 18.2 Å². The molecular formula is C25H26N8. The van der Waals surface area contributed by atoms with Crippen molar-refractivity contribution in [1.29, 1.82) is 5.26 Å². The van der Waals surface area contributed by atoms with E-state index in [9.17, 15) is 0 Å². The molecule has 0 atom stereocenters. The number of fused-ring (bicyclic) bond motifs is 1. The maximum absolute atomic E-state index is 8.98. The van der Waals surface area contributed by atoms with Gasteiger partial charge in [-0.1, -0.05) is 12.1 Å². The maximum Gasteiger partial charge on any atom is 0.231 e. The molecule has 0 saturated carbocycles. The smallest absolute Gasteiger partial charge is 0.231 e. The number of aromatic nitrogens is 3. The predicted octanol–water partition coefficient (Wildman–Crippen LogP) is 4.26. The summed E-state index contributed by atoms with van der Waals surface area (Å²) in [6.07, 6.45) is 2.22. The van der Waals surface area contributed by atoms with Crippen LogP contribution in [0.1, 0.15) is 5.56 Å². The average molecular weight is 439 g/mol. The second-order valence-corrected chi connectivity index (χ2v) is 8.26. The highest BCUT2D eigenvalue weighted by molar-refractivity contribution is 5.90. The lowest BCUT2D eigenvalue weighted by Gasteiger charge is -2.34.